The van der Waals surface area contributed by atoms with Gasteiger partial charge >= 0.3 is 0 Å². The van der Waals surface area contributed by atoms with Gasteiger partial charge in [0, 0.05) is 30.9 Å². The van der Waals surface area contributed by atoms with Crippen molar-refractivity contribution in [2.45, 2.75) is 13.1 Å². The maximum atomic E-state index is 12.2. The molecule has 0 saturated carbocycles. The van der Waals surface area contributed by atoms with Gasteiger partial charge in [0.15, 0.2) is 11.6 Å². The van der Waals surface area contributed by atoms with Gasteiger partial charge in [-0.25, -0.2) is 9.97 Å². The summed E-state index contributed by atoms with van der Waals surface area (Å²) in [6.45, 7) is 0.731. The summed E-state index contributed by atoms with van der Waals surface area (Å²) in [4.78, 5) is 20.6. The molecule has 0 radical (unpaired) electrons. The second-order valence-electron chi connectivity index (χ2n) is 5.93. The molecule has 134 valence electrons. The van der Waals surface area contributed by atoms with Gasteiger partial charge in [-0.15, -0.1) is 0 Å². The predicted molar refractivity (Wildman–Crippen MR) is 99.7 cm³/mol. The average Bonchev–Trinajstić information content (AvgIpc) is 3.33. The Kier molecular flexibility index (Phi) is 4.69. The van der Waals surface area contributed by atoms with Crippen molar-refractivity contribution in [3.8, 4) is 11.4 Å². The summed E-state index contributed by atoms with van der Waals surface area (Å²) in [6.07, 6.45) is 8.54. The lowest BCUT2D eigenvalue weighted by Crippen LogP contribution is -2.19. The quantitative estimate of drug-likeness (QED) is 0.570. The first-order valence-electron chi connectivity index (χ1n) is 8.43. The molecule has 3 aromatic heterocycles. The van der Waals surface area contributed by atoms with Gasteiger partial charge in [-0.1, -0.05) is 30.3 Å². The van der Waals surface area contributed by atoms with E-state index in [9.17, 15) is 4.79 Å². The van der Waals surface area contributed by atoms with E-state index in [1.165, 1.54) is 0 Å². The highest BCUT2D eigenvalue weighted by atomic mass is 16.2. The zero-order chi connectivity index (χ0) is 18.5. The van der Waals surface area contributed by atoms with E-state index in [0.29, 0.717) is 18.2 Å². The molecule has 0 saturated heterocycles. The third-order valence-corrected chi connectivity index (χ3v) is 3.86. The molecule has 8 nitrogen and oxygen atoms in total. The van der Waals surface area contributed by atoms with Crippen molar-refractivity contribution in [1.29, 1.82) is 0 Å². The van der Waals surface area contributed by atoms with Crippen molar-refractivity contribution in [3.63, 3.8) is 0 Å². The molecule has 1 N–H and O–H groups in total. The lowest BCUT2D eigenvalue weighted by atomic mass is 10.2. The summed E-state index contributed by atoms with van der Waals surface area (Å²) in [6, 6.07) is 13.5. The van der Waals surface area contributed by atoms with E-state index in [0.717, 1.165) is 11.1 Å². The number of nitrogens with zero attached hydrogens (tertiary/aromatic N) is 6. The second-order valence-corrected chi connectivity index (χ2v) is 5.93. The van der Waals surface area contributed by atoms with Crippen LogP contribution in [-0.4, -0.2) is 35.4 Å². The third kappa shape index (κ3) is 4.24. The maximum absolute atomic E-state index is 12.2. The Bertz CT molecular complexity index is 1020. The summed E-state index contributed by atoms with van der Waals surface area (Å²) in [5.41, 5.74) is 1.90. The molecule has 4 aromatic rings. The van der Waals surface area contributed by atoms with Crippen LogP contribution in [-0.2, 0) is 17.9 Å². The number of aromatic nitrogens is 6. The third-order valence-electron chi connectivity index (χ3n) is 3.86. The molecule has 0 unspecified atom stereocenters. The number of amides is 1. The molecule has 4 rings (SSSR count). The van der Waals surface area contributed by atoms with Crippen LogP contribution in [0, 0.1) is 0 Å². The van der Waals surface area contributed by atoms with Gasteiger partial charge in [0.25, 0.3) is 0 Å². The summed E-state index contributed by atoms with van der Waals surface area (Å²) >= 11 is 0. The van der Waals surface area contributed by atoms with Gasteiger partial charge in [0.2, 0.25) is 5.91 Å². The zero-order valence-electron chi connectivity index (χ0n) is 14.4. The molecule has 3 heterocycles. The lowest BCUT2D eigenvalue weighted by molar-refractivity contribution is -0.116. The maximum Gasteiger partial charge on any atom is 0.247 e. The molecular weight excluding hydrogens is 342 g/mol. The first-order chi connectivity index (χ1) is 13.3. The minimum atomic E-state index is -0.205. The van der Waals surface area contributed by atoms with Crippen LogP contribution in [0.3, 0.4) is 0 Å². The van der Waals surface area contributed by atoms with Crippen molar-refractivity contribution >= 4 is 11.7 Å². The van der Waals surface area contributed by atoms with Gasteiger partial charge in [0.05, 0.1) is 18.3 Å². The van der Waals surface area contributed by atoms with Gasteiger partial charge in [-0.3, -0.25) is 14.2 Å². The Morgan fingerprint density at radius 1 is 1.00 bits per heavy atom. The molecule has 0 aliphatic rings. The summed E-state index contributed by atoms with van der Waals surface area (Å²) in [5.74, 6) is 0.877. The van der Waals surface area contributed by atoms with E-state index in [1.54, 1.807) is 46.3 Å². The molecule has 0 spiro atoms. The van der Waals surface area contributed by atoms with Crippen molar-refractivity contribution < 1.29 is 4.79 Å². The molecule has 0 aliphatic heterocycles. The van der Waals surface area contributed by atoms with Crippen molar-refractivity contribution in [3.05, 3.63) is 79.0 Å². The van der Waals surface area contributed by atoms with Gasteiger partial charge in [-0.2, -0.15) is 10.2 Å². The summed E-state index contributed by atoms with van der Waals surface area (Å²) < 4.78 is 3.33. The first kappa shape index (κ1) is 16.6. The topological polar surface area (TPSA) is 90.5 Å². The number of anilines is 1. The van der Waals surface area contributed by atoms with E-state index >= 15 is 0 Å². The van der Waals surface area contributed by atoms with Crippen LogP contribution < -0.4 is 5.32 Å². The molecule has 1 aromatic carbocycles. The minimum absolute atomic E-state index is 0.0817. The van der Waals surface area contributed by atoms with Crippen molar-refractivity contribution in [2.24, 2.45) is 0 Å². The molecule has 1 amide bonds. The standard InChI is InChI=1S/C19H17N7O/c27-18(14-26-13-16(11-22-26)19-20-8-4-9-21-19)23-17-7-10-25(24-17)12-15-5-2-1-3-6-15/h1-11,13H,12,14H2,(H,23,24,27). The number of hydrogen-bond donors (Lipinski definition) is 1. The average molecular weight is 359 g/mol. The zero-order valence-corrected chi connectivity index (χ0v) is 14.4. The molecule has 0 atom stereocenters. The van der Waals surface area contributed by atoms with Gasteiger partial charge < -0.3 is 5.32 Å². The first-order valence-corrected chi connectivity index (χ1v) is 8.43. The highest BCUT2D eigenvalue weighted by Gasteiger charge is 2.09. The second kappa shape index (κ2) is 7.61. The molecule has 0 fully saturated rings. The Labute approximate surface area is 155 Å². The largest absolute Gasteiger partial charge is 0.308 e. The fourth-order valence-corrected chi connectivity index (χ4v) is 2.63. The normalized spacial score (nSPS) is 10.7. The Morgan fingerprint density at radius 3 is 2.63 bits per heavy atom. The van der Waals surface area contributed by atoms with Crippen LogP contribution in [0.2, 0.25) is 0 Å². The molecule has 27 heavy (non-hydrogen) atoms. The smallest absolute Gasteiger partial charge is 0.247 e. The van der Waals surface area contributed by atoms with Crippen LogP contribution in [0.25, 0.3) is 11.4 Å². The fourth-order valence-electron chi connectivity index (χ4n) is 2.63. The van der Waals surface area contributed by atoms with Gasteiger partial charge in [-0.05, 0) is 11.6 Å². The Morgan fingerprint density at radius 2 is 1.81 bits per heavy atom. The number of nitrogens with one attached hydrogen (secondary N) is 1. The fraction of sp³-hybridized carbons (Fsp3) is 0.105. The number of carbonyl (C=O) groups is 1. The van der Waals surface area contributed by atoms with Crippen molar-refractivity contribution in [2.75, 3.05) is 5.32 Å². The predicted octanol–water partition coefficient (Wildman–Crippen LogP) is 2.22. The van der Waals surface area contributed by atoms with E-state index in [1.807, 2.05) is 36.5 Å². The molecule has 0 bridgehead atoms. The minimum Gasteiger partial charge on any atom is -0.308 e. The van der Waals surface area contributed by atoms with Crippen LogP contribution in [0.15, 0.2) is 73.4 Å². The van der Waals surface area contributed by atoms with E-state index in [-0.39, 0.29) is 12.5 Å². The van der Waals surface area contributed by atoms with E-state index in [4.69, 9.17) is 0 Å². The van der Waals surface area contributed by atoms with E-state index < -0.39 is 0 Å². The summed E-state index contributed by atoms with van der Waals surface area (Å²) in [7, 11) is 0. The number of carbonyl (C=O) groups excluding carboxylic acids is 1. The van der Waals surface area contributed by atoms with Crippen LogP contribution in [0.1, 0.15) is 5.56 Å². The number of rotatable bonds is 6. The highest BCUT2D eigenvalue weighted by Crippen LogP contribution is 2.12. The lowest BCUT2D eigenvalue weighted by Gasteiger charge is -2.03. The van der Waals surface area contributed by atoms with Crippen LogP contribution in [0.4, 0.5) is 5.82 Å². The SMILES string of the molecule is O=C(Cn1cc(-c2ncccn2)cn1)Nc1ccn(Cc2ccccc2)n1. The monoisotopic (exact) mass is 359 g/mol. The van der Waals surface area contributed by atoms with Crippen LogP contribution >= 0.6 is 0 Å². The molecule has 0 aliphatic carbocycles. The summed E-state index contributed by atoms with van der Waals surface area (Å²) in [5, 5.41) is 11.3. The molecule has 8 heteroatoms. The Balaban J connectivity index is 1.35. The van der Waals surface area contributed by atoms with E-state index in [2.05, 4.69) is 25.5 Å². The Hall–Kier alpha value is -3.81. The highest BCUT2D eigenvalue weighted by molar-refractivity contribution is 5.89. The van der Waals surface area contributed by atoms with Crippen molar-refractivity contribution in [1.82, 2.24) is 29.5 Å². The number of benzene rings is 1. The van der Waals surface area contributed by atoms with Gasteiger partial charge in [0.1, 0.15) is 6.54 Å². The number of hydrogen-bond acceptors (Lipinski definition) is 5. The molecular formula is C19H17N7O. The van der Waals surface area contributed by atoms with Crippen LogP contribution in [0.5, 0.6) is 0 Å².